The van der Waals surface area contributed by atoms with Gasteiger partial charge in [-0.05, 0) is 0 Å². The van der Waals surface area contributed by atoms with Crippen LogP contribution in [0.4, 0.5) is 8.78 Å². The zero-order valence-electron chi connectivity index (χ0n) is 7.37. The third-order valence-electron chi connectivity index (χ3n) is 2.04. The Kier molecular flexibility index (Phi) is 3.34. The molecule has 1 atom stereocenters. The van der Waals surface area contributed by atoms with E-state index in [0.717, 1.165) is 4.90 Å². The summed E-state index contributed by atoms with van der Waals surface area (Å²) in [6, 6.07) is -0.967. The molecule has 0 aliphatic carbocycles. The number of amides is 2. The second kappa shape index (κ2) is 4.32. The number of nitrogens with zero attached hydrogens (tertiary/aromatic N) is 1. The smallest absolute Gasteiger partial charge is 0.315 e. The van der Waals surface area contributed by atoms with Gasteiger partial charge in [0.2, 0.25) is 5.91 Å². The van der Waals surface area contributed by atoms with Crippen LogP contribution < -0.4 is 11.1 Å². The van der Waals surface area contributed by atoms with Gasteiger partial charge in [-0.3, -0.25) is 9.59 Å². The van der Waals surface area contributed by atoms with E-state index >= 15 is 0 Å². The Labute approximate surface area is 79.2 Å². The molecule has 1 fully saturated rings. The summed E-state index contributed by atoms with van der Waals surface area (Å²) in [7, 11) is 0. The van der Waals surface area contributed by atoms with Gasteiger partial charge in [0.15, 0.2) is 0 Å². The molecule has 0 aromatic heterocycles. The molecule has 7 heteroatoms. The predicted molar refractivity (Wildman–Crippen MR) is 43.6 cm³/mol. The molecule has 1 saturated heterocycles. The van der Waals surface area contributed by atoms with Crippen molar-refractivity contribution < 1.29 is 18.4 Å². The Balaban J connectivity index is 2.72. The average Bonchev–Trinajstić information content (AvgIpc) is 2.16. The number of halogens is 2. The molecule has 0 saturated carbocycles. The molecule has 5 nitrogen and oxygen atoms in total. The molecule has 2 amide bonds. The van der Waals surface area contributed by atoms with Crippen LogP contribution >= 0.6 is 0 Å². The van der Waals surface area contributed by atoms with Crippen molar-refractivity contribution >= 4 is 11.8 Å². The van der Waals surface area contributed by atoms with Crippen LogP contribution in [0.25, 0.3) is 0 Å². The Hall–Kier alpha value is -1.24. The largest absolute Gasteiger partial charge is 0.368 e. The van der Waals surface area contributed by atoms with Crippen LogP contribution in [0, 0.1) is 0 Å². The Morgan fingerprint density at radius 2 is 2.14 bits per heavy atom. The maximum atomic E-state index is 12.1. The molecular formula is C7H11F2N3O2. The lowest BCUT2D eigenvalue weighted by Crippen LogP contribution is -2.59. The van der Waals surface area contributed by atoms with Crippen LogP contribution in [-0.4, -0.2) is 48.8 Å². The number of nitrogens with two attached hydrogens (primary N) is 1. The predicted octanol–water partition coefficient (Wildman–Crippen LogP) is -1.46. The van der Waals surface area contributed by atoms with E-state index in [1.807, 2.05) is 0 Å². The minimum atomic E-state index is -3.09. The van der Waals surface area contributed by atoms with E-state index in [4.69, 9.17) is 5.73 Å². The van der Waals surface area contributed by atoms with Crippen molar-refractivity contribution in [3.8, 4) is 0 Å². The van der Waals surface area contributed by atoms with Gasteiger partial charge in [-0.15, -0.1) is 0 Å². The van der Waals surface area contributed by atoms with E-state index in [0.29, 0.717) is 6.54 Å². The number of alkyl halides is 2. The second-order valence-corrected chi connectivity index (χ2v) is 2.95. The van der Waals surface area contributed by atoms with Crippen LogP contribution in [0.3, 0.4) is 0 Å². The molecule has 0 bridgehead atoms. The third kappa shape index (κ3) is 2.16. The van der Waals surface area contributed by atoms with E-state index in [9.17, 15) is 18.4 Å². The number of carbonyl (C=O) groups excluding carboxylic acids is 2. The van der Waals surface area contributed by atoms with Crippen LogP contribution in [0.1, 0.15) is 0 Å². The molecule has 0 aromatic rings. The molecule has 0 aromatic carbocycles. The summed E-state index contributed by atoms with van der Waals surface area (Å²) in [6.45, 7) is 0.604. The number of nitrogens with one attached hydrogen (secondary N) is 1. The quantitative estimate of drug-likeness (QED) is 0.581. The minimum Gasteiger partial charge on any atom is -0.368 e. The summed E-state index contributed by atoms with van der Waals surface area (Å²) in [4.78, 5) is 22.6. The molecule has 3 N–H and O–H groups in total. The first-order valence-electron chi connectivity index (χ1n) is 4.12. The average molecular weight is 207 g/mol. The summed E-state index contributed by atoms with van der Waals surface area (Å²) in [5.74, 6) is -2.11. The van der Waals surface area contributed by atoms with Crippen molar-refractivity contribution in [1.82, 2.24) is 10.2 Å². The molecule has 80 valence electrons. The molecule has 1 heterocycles. The lowest BCUT2D eigenvalue weighted by Gasteiger charge is -2.33. The normalized spacial score (nSPS) is 22.5. The van der Waals surface area contributed by atoms with Crippen molar-refractivity contribution in [2.24, 2.45) is 5.73 Å². The zero-order valence-corrected chi connectivity index (χ0v) is 7.37. The van der Waals surface area contributed by atoms with Crippen molar-refractivity contribution in [2.75, 3.05) is 19.6 Å². The first-order valence-corrected chi connectivity index (χ1v) is 4.12. The summed E-state index contributed by atoms with van der Waals surface area (Å²) < 4.78 is 24.2. The molecular weight excluding hydrogens is 196 g/mol. The van der Waals surface area contributed by atoms with Crippen molar-refractivity contribution in [3.63, 3.8) is 0 Å². The number of primary amides is 1. The van der Waals surface area contributed by atoms with Crippen LogP contribution in [-0.2, 0) is 9.59 Å². The van der Waals surface area contributed by atoms with E-state index in [-0.39, 0.29) is 13.1 Å². The molecule has 1 aliphatic heterocycles. The highest BCUT2D eigenvalue weighted by molar-refractivity contribution is 5.88. The monoisotopic (exact) mass is 207 g/mol. The van der Waals surface area contributed by atoms with Gasteiger partial charge in [-0.2, -0.15) is 8.78 Å². The Morgan fingerprint density at radius 3 is 2.64 bits per heavy atom. The van der Waals surface area contributed by atoms with Crippen molar-refractivity contribution in [1.29, 1.82) is 0 Å². The van der Waals surface area contributed by atoms with Gasteiger partial charge in [-0.1, -0.05) is 0 Å². The topological polar surface area (TPSA) is 75.4 Å². The van der Waals surface area contributed by atoms with Gasteiger partial charge in [0.05, 0.1) is 0 Å². The van der Waals surface area contributed by atoms with Crippen LogP contribution in [0.5, 0.6) is 0 Å². The molecule has 0 spiro atoms. The first-order chi connectivity index (χ1) is 6.54. The maximum Gasteiger partial charge on any atom is 0.315 e. The maximum absolute atomic E-state index is 12.1. The molecule has 1 rings (SSSR count). The van der Waals surface area contributed by atoms with Gasteiger partial charge in [0.25, 0.3) is 5.91 Å². The fraction of sp³-hybridized carbons (Fsp3) is 0.714. The zero-order chi connectivity index (χ0) is 10.7. The number of hydrogen-bond acceptors (Lipinski definition) is 3. The molecule has 14 heavy (non-hydrogen) atoms. The van der Waals surface area contributed by atoms with Crippen molar-refractivity contribution in [3.05, 3.63) is 0 Å². The van der Waals surface area contributed by atoms with Crippen LogP contribution in [0.15, 0.2) is 0 Å². The van der Waals surface area contributed by atoms with Gasteiger partial charge in [0, 0.05) is 19.6 Å². The summed E-state index contributed by atoms with van der Waals surface area (Å²) in [5.41, 5.74) is 4.98. The number of hydrogen-bond donors (Lipinski definition) is 2. The molecule has 1 unspecified atom stereocenters. The first kappa shape index (κ1) is 10.8. The van der Waals surface area contributed by atoms with E-state index in [2.05, 4.69) is 5.32 Å². The number of carbonyl (C=O) groups is 2. The van der Waals surface area contributed by atoms with Gasteiger partial charge in [0.1, 0.15) is 6.04 Å². The number of piperazine rings is 1. The van der Waals surface area contributed by atoms with Gasteiger partial charge < -0.3 is 16.0 Å². The molecule has 1 aliphatic rings. The SMILES string of the molecule is NC(=O)C1CNCCN1C(=O)C(F)F. The van der Waals surface area contributed by atoms with Crippen molar-refractivity contribution in [2.45, 2.75) is 12.5 Å². The standard InChI is InChI=1S/C7H11F2N3O2/c8-5(9)7(14)12-2-1-11-3-4(12)6(10)13/h4-5,11H,1-3H2,(H2,10,13). The minimum absolute atomic E-state index is 0.0801. The highest BCUT2D eigenvalue weighted by Gasteiger charge is 2.34. The summed E-state index contributed by atoms with van der Waals surface area (Å²) in [6.07, 6.45) is -3.09. The summed E-state index contributed by atoms with van der Waals surface area (Å²) in [5, 5.41) is 2.80. The fourth-order valence-corrected chi connectivity index (χ4v) is 1.35. The van der Waals surface area contributed by atoms with Crippen LogP contribution in [0.2, 0.25) is 0 Å². The highest BCUT2D eigenvalue weighted by Crippen LogP contribution is 2.08. The highest BCUT2D eigenvalue weighted by atomic mass is 19.3. The lowest BCUT2D eigenvalue weighted by atomic mass is 10.2. The Bertz CT molecular complexity index is 247. The van der Waals surface area contributed by atoms with E-state index in [1.54, 1.807) is 0 Å². The van der Waals surface area contributed by atoms with Gasteiger partial charge in [-0.25, -0.2) is 0 Å². The Morgan fingerprint density at radius 1 is 1.50 bits per heavy atom. The lowest BCUT2D eigenvalue weighted by molar-refractivity contribution is -0.149. The fourth-order valence-electron chi connectivity index (χ4n) is 1.35. The summed E-state index contributed by atoms with van der Waals surface area (Å²) >= 11 is 0. The second-order valence-electron chi connectivity index (χ2n) is 2.95. The van der Waals surface area contributed by atoms with E-state index < -0.39 is 24.3 Å². The van der Waals surface area contributed by atoms with Gasteiger partial charge >= 0.3 is 6.43 Å². The molecule has 0 radical (unpaired) electrons. The third-order valence-corrected chi connectivity index (χ3v) is 2.04. The number of rotatable bonds is 2. The van der Waals surface area contributed by atoms with E-state index in [1.165, 1.54) is 0 Å².